The van der Waals surface area contributed by atoms with Crippen LogP contribution in [0.5, 0.6) is 0 Å². The summed E-state index contributed by atoms with van der Waals surface area (Å²) in [6, 6.07) is 11.3. The van der Waals surface area contributed by atoms with Crippen LogP contribution in [0.25, 0.3) is 5.69 Å². The summed E-state index contributed by atoms with van der Waals surface area (Å²) in [4.78, 5) is 45.8. The highest BCUT2D eigenvalue weighted by atomic mass is 16.6. The average molecular weight is 397 g/mol. The van der Waals surface area contributed by atoms with Gasteiger partial charge in [0.2, 0.25) is 0 Å². The van der Waals surface area contributed by atoms with Crippen LogP contribution >= 0.6 is 0 Å². The first kappa shape index (κ1) is 19.5. The Balaban J connectivity index is 2.04. The van der Waals surface area contributed by atoms with Crippen molar-refractivity contribution in [2.45, 2.75) is 6.92 Å². The zero-order valence-corrected chi connectivity index (χ0v) is 15.4. The Labute approximate surface area is 163 Å². The zero-order valence-electron chi connectivity index (χ0n) is 15.4. The number of benzene rings is 2. The third kappa shape index (κ3) is 3.60. The van der Waals surface area contributed by atoms with Crippen molar-refractivity contribution in [2.75, 3.05) is 5.32 Å². The van der Waals surface area contributed by atoms with Crippen molar-refractivity contribution in [3.63, 3.8) is 0 Å². The first-order chi connectivity index (χ1) is 13.7. The molecule has 0 unspecified atom stereocenters. The van der Waals surface area contributed by atoms with E-state index in [-0.39, 0.29) is 11.3 Å². The molecule has 0 saturated heterocycles. The molecule has 0 saturated carbocycles. The number of nitrogens with one attached hydrogen (secondary N) is 1. The molecule has 0 bridgehead atoms. The highest BCUT2D eigenvalue weighted by molar-refractivity contribution is 6.05. The third-order valence-corrected chi connectivity index (χ3v) is 4.38. The van der Waals surface area contributed by atoms with E-state index in [0.29, 0.717) is 11.4 Å². The van der Waals surface area contributed by atoms with E-state index in [4.69, 9.17) is 0 Å². The molecule has 148 valence electrons. The SMILES string of the molecule is Cc1c(NC(=O)c2cc([N+](=O)[O-])cc([N+](=O)[O-])c2)c(=O)n(-c2ccccc2)n1C. The number of rotatable bonds is 5. The van der Waals surface area contributed by atoms with Gasteiger partial charge in [0.25, 0.3) is 22.8 Å². The van der Waals surface area contributed by atoms with Crippen LogP contribution in [0.4, 0.5) is 17.1 Å². The van der Waals surface area contributed by atoms with E-state index in [1.165, 1.54) is 4.68 Å². The average Bonchev–Trinajstić information content (AvgIpc) is 2.91. The molecule has 0 radical (unpaired) electrons. The fourth-order valence-electron chi connectivity index (χ4n) is 2.84. The van der Waals surface area contributed by atoms with Crippen molar-refractivity contribution in [3.05, 3.63) is 90.4 Å². The Morgan fingerprint density at radius 2 is 1.55 bits per heavy atom. The lowest BCUT2D eigenvalue weighted by Crippen LogP contribution is -2.23. The fraction of sp³-hybridized carbons (Fsp3) is 0.111. The van der Waals surface area contributed by atoms with Crippen LogP contribution in [-0.2, 0) is 7.05 Å². The van der Waals surface area contributed by atoms with E-state index in [2.05, 4.69) is 5.32 Å². The normalized spacial score (nSPS) is 10.6. The number of para-hydroxylation sites is 1. The van der Waals surface area contributed by atoms with Gasteiger partial charge in [-0.15, -0.1) is 0 Å². The van der Waals surface area contributed by atoms with Gasteiger partial charge in [-0.25, -0.2) is 4.68 Å². The first-order valence-electron chi connectivity index (χ1n) is 8.30. The molecule has 0 aliphatic rings. The quantitative estimate of drug-likeness (QED) is 0.518. The van der Waals surface area contributed by atoms with Gasteiger partial charge >= 0.3 is 0 Å². The lowest BCUT2D eigenvalue weighted by molar-refractivity contribution is -0.394. The van der Waals surface area contributed by atoms with Gasteiger partial charge in [-0.1, -0.05) is 18.2 Å². The molecule has 0 atom stereocenters. The van der Waals surface area contributed by atoms with Crippen molar-refractivity contribution < 1.29 is 14.6 Å². The largest absolute Gasteiger partial charge is 0.316 e. The molecule has 0 spiro atoms. The number of nitro benzene ring substituents is 2. The van der Waals surface area contributed by atoms with Crippen LogP contribution in [0, 0.1) is 27.2 Å². The molecule has 11 nitrogen and oxygen atoms in total. The molecule has 3 aromatic rings. The topological polar surface area (TPSA) is 142 Å². The molecular weight excluding hydrogens is 382 g/mol. The number of anilines is 1. The summed E-state index contributed by atoms with van der Waals surface area (Å²) < 4.78 is 2.89. The monoisotopic (exact) mass is 397 g/mol. The molecule has 0 aliphatic heterocycles. The molecular formula is C18H15N5O6. The van der Waals surface area contributed by atoms with Gasteiger partial charge in [0.15, 0.2) is 0 Å². The van der Waals surface area contributed by atoms with Crippen LogP contribution in [0.3, 0.4) is 0 Å². The van der Waals surface area contributed by atoms with Gasteiger partial charge in [0, 0.05) is 19.2 Å². The number of hydrogen-bond acceptors (Lipinski definition) is 6. The second kappa shape index (κ2) is 7.38. The summed E-state index contributed by atoms with van der Waals surface area (Å²) in [5, 5.41) is 24.5. The molecule has 1 amide bonds. The minimum atomic E-state index is -0.872. The summed E-state index contributed by atoms with van der Waals surface area (Å²) in [5.74, 6) is -0.872. The molecule has 11 heteroatoms. The Bertz CT molecular complexity index is 1160. The molecule has 3 rings (SSSR count). The Morgan fingerprint density at radius 3 is 2.07 bits per heavy atom. The first-order valence-corrected chi connectivity index (χ1v) is 8.30. The number of carbonyl (C=O) groups is 1. The van der Waals surface area contributed by atoms with Crippen molar-refractivity contribution in [1.29, 1.82) is 0 Å². The maximum Gasteiger partial charge on any atom is 0.295 e. The Hall–Kier alpha value is -4.28. The minimum absolute atomic E-state index is 0.0319. The van der Waals surface area contributed by atoms with Crippen LogP contribution in [-0.4, -0.2) is 25.1 Å². The Morgan fingerprint density at radius 1 is 1.00 bits per heavy atom. The number of carbonyl (C=O) groups excluding carboxylic acids is 1. The number of nitrogens with zero attached hydrogens (tertiary/aromatic N) is 4. The lowest BCUT2D eigenvalue weighted by atomic mass is 10.1. The molecule has 29 heavy (non-hydrogen) atoms. The van der Waals surface area contributed by atoms with Gasteiger partial charge in [-0.3, -0.25) is 34.5 Å². The summed E-state index contributed by atoms with van der Waals surface area (Å²) in [5.41, 5.74) is -1.03. The zero-order chi connectivity index (χ0) is 21.3. The van der Waals surface area contributed by atoms with E-state index in [1.807, 2.05) is 0 Å². The number of aromatic nitrogens is 2. The Kier molecular flexibility index (Phi) is 4.96. The van der Waals surface area contributed by atoms with E-state index < -0.39 is 32.7 Å². The van der Waals surface area contributed by atoms with Crippen LogP contribution in [0.1, 0.15) is 16.1 Å². The lowest BCUT2D eigenvalue weighted by Gasteiger charge is -2.07. The maximum atomic E-state index is 12.8. The van der Waals surface area contributed by atoms with Gasteiger partial charge in [-0.05, 0) is 19.1 Å². The number of non-ortho nitro benzene ring substituents is 2. The summed E-state index contributed by atoms with van der Waals surface area (Å²) in [7, 11) is 1.64. The van der Waals surface area contributed by atoms with Crippen molar-refractivity contribution in [3.8, 4) is 5.69 Å². The van der Waals surface area contributed by atoms with Gasteiger partial charge in [0.1, 0.15) is 5.69 Å². The maximum absolute atomic E-state index is 12.8. The van der Waals surface area contributed by atoms with E-state index >= 15 is 0 Å². The van der Waals surface area contributed by atoms with Gasteiger partial charge < -0.3 is 5.32 Å². The number of hydrogen-bond donors (Lipinski definition) is 1. The highest BCUT2D eigenvalue weighted by Gasteiger charge is 2.23. The van der Waals surface area contributed by atoms with Crippen LogP contribution in [0.15, 0.2) is 53.3 Å². The van der Waals surface area contributed by atoms with Gasteiger partial charge in [-0.2, -0.15) is 0 Å². The fourth-order valence-corrected chi connectivity index (χ4v) is 2.84. The minimum Gasteiger partial charge on any atom is -0.316 e. The molecule has 0 aliphatic carbocycles. The van der Waals surface area contributed by atoms with Crippen molar-refractivity contribution in [1.82, 2.24) is 9.36 Å². The summed E-state index contributed by atoms with van der Waals surface area (Å²) >= 11 is 0. The smallest absolute Gasteiger partial charge is 0.295 e. The van der Waals surface area contributed by atoms with Crippen LogP contribution < -0.4 is 10.9 Å². The highest BCUT2D eigenvalue weighted by Crippen LogP contribution is 2.24. The predicted molar refractivity (Wildman–Crippen MR) is 103 cm³/mol. The summed E-state index contributed by atoms with van der Waals surface area (Å²) in [6.07, 6.45) is 0. The summed E-state index contributed by atoms with van der Waals surface area (Å²) in [6.45, 7) is 1.62. The van der Waals surface area contributed by atoms with E-state index in [1.54, 1.807) is 49.0 Å². The molecule has 1 N–H and O–H groups in total. The van der Waals surface area contributed by atoms with Crippen molar-refractivity contribution >= 4 is 23.0 Å². The van der Waals surface area contributed by atoms with Gasteiger partial charge in [0.05, 0.1) is 32.9 Å². The van der Waals surface area contributed by atoms with E-state index in [0.717, 1.165) is 18.2 Å². The standard InChI is InChI=1S/C18H15N5O6/c1-11-16(18(25)21(20(11)2)13-6-4-3-5-7-13)19-17(24)12-8-14(22(26)27)10-15(9-12)23(28)29/h3-10H,1-2H3,(H,19,24). The van der Waals surface area contributed by atoms with Crippen molar-refractivity contribution in [2.24, 2.45) is 7.05 Å². The molecule has 1 aromatic heterocycles. The molecule has 0 fully saturated rings. The number of amides is 1. The third-order valence-electron chi connectivity index (χ3n) is 4.38. The number of nitro groups is 2. The van der Waals surface area contributed by atoms with E-state index in [9.17, 15) is 29.8 Å². The molecule has 2 aromatic carbocycles. The molecule has 1 heterocycles. The second-order valence-corrected chi connectivity index (χ2v) is 6.14. The predicted octanol–water partition coefficient (Wildman–Crippen LogP) is 2.55. The second-order valence-electron chi connectivity index (χ2n) is 6.14. The van der Waals surface area contributed by atoms with Crippen LogP contribution in [0.2, 0.25) is 0 Å².